The third-order valence-electron chi connectivity index (χ3n) is 4.00. The molecule has 0 aliphatic carbocycles. The molecule has 0 aliphatic rings. The van der Waals surface area contributed by atoms with Crippen LogP contribution < -0.4 is 10.9 Å². The van der Waals surface area contributed by atoms with Crippen molar-refractivity contribution >= 4 is 16.8 Å². The number of nitrogens with zero attached hydrogens (tertiary/aromatic N) is 4. The van der Waals surface area contributed by atoms with E-state index in [0.29, 0.717) is 17.4 Å². The number of amides is 1. The van der Waals surface area contributed by atoms with Crippen molar-refractivity contribution in [1.82, 2.24) is 25.0 Å². The van der Waals surface area contributed by atoms with E-state index in [1.54, 1.807) is 18.2 Å². The summed E-state index contributed by atoms with van der Waals surface area (Å²) >= 11 is 0. The molecule has 0 spiro atoms. The average molecular weight is 361 g/mol. The molecule has 0 radical (unpaired) electrons. The summed E-state index contributed by atoms with van der Waals surface area (Å²) in [6.07, 6.45) is 1.43. The monoisotopic (exact) mass is 361 g/mol. The van der Waals surface area contributed by atoms with Crippen LogP contribution in [0.3, 0.4) is 0 Å². The molecule has 4 rings (SSSR count). The van der Waals surface area contributed by atoms with Gasteiger partial charge in [-0.1, -0.05) is 47.6 Å². The highest BCUT2D eigenvalue weighted by atomic mass is 16.5. The topological polar surface area (TPSA) is 103 Å². The summed E-state index contributed by atoms with van der Waals surface area (Å²) in [6.45, 7) is 0.414. The molecule has 0 fully saturated rings. The maximum absolute atomic E-state index is 12.5. The molecule has 8 nitrogen and oxygen atoms in total. The van der Waals surface area contributed by atoms with Gasteiger partial charge in [-0.25, -0.2) is 4.98 Å². The van der Waals surface area contributed by atoms with Crippen molar-refractivity contribution in [1.29, 1.82) is 0 Å². The summed E-state index contributed by atoms with van der Waals surface area (Å²) in [7, 11) is 0. The van der Waals surface area contributed by atoms with Gasteiger partial charge in [0.2, 0.25) is 0 Å². The van der Waals surface area contributed by atoms with Crippen molar-refractivity contribution in [2.24, 2.45) is 0 Å². The van der Waals surface area contributed by atoms with E-state index in [1.165, 1.54) is 10.9 Å². The average Bonchev–Trinajstić information content (AvgIpc) is 3.18. The third kappa shape index (κ3) is 3.59. The van der Waals surface area contributed by atoms with Gasteiger partial charge in [0.15, 0.2) is 5.82 Å². The van der Waals surface area contributed by atoms with Gasteiger partial charge in [-0.15, -0.1) is 0 Å². The first-order valence-corrected chi connectivity index (χ1v) is 8.29. The van der Waals surface area contributed by atoms with Crippen LogP contribution in [-0.2, 0) is 13.1 Å². The number of fused-ring (bicyclic) bond motifs is 1. The number of rotatable bonds is 5. The van der Waals surface area contributed by atoms with Gasteiger partial charge < -0.3 is 9.84 Å². The van der Waals surface area contributed by atoms with Gasteiger partial charge in [0.05, 0.1) is 23.8 Å². The second-order valence-corrected chi connectivity index (χ2v) is 5.88. The van der Waals surface area contributed by atoms with Gasteiger partial charge in [-0.05, 0) is 17.7 Å². The lowest BCUT2D eigenvalue weighted by atomic mass is 10.2. The highest BCUT2D eigenvalue weighted by Crippen LogP contribution is 2.06. The zero-order valence-electron chi connectivity index (χ0n) is 14.2. The lowest BCUT2D eigenvalue weighted by Gasteiger charge is -2.03. The quantitative estimate of drug-likeness (QED) is 0.581. The highest BCUT2D eigenvalue weighted by Gasteiger charge is 2.15. The molecule has 2 aromatic carbocycles. The van der Waals surface area contributed by atoms with Crippen molar-refractivity contribution in [3.8, 4) is 0 Å². The van der Waals surface area contributed by atoms with Crippen molar-refractivity contribution in [2.75, 3.05) is 0 Å². The largest absolute Gasteiger partial charge is 0.344 e. The molecule has 0 aliphatic heterocycles. The normalized spacial score (nSPS) is 10.8. The Balaban J connectivity index is 1.47. The SMILES string of the molecule is O=C(NCc1ccccc1)c1nc(Cn2cnc3ccccc3c2=O)no1. The van der Waals surface area contributed by atoms with Crippen molar-refractivity contribution < 1.29 is 9.32 Å². The predicted molar refractivity (Wildman–Crippen MR) is 97.0 cm³/mol. The Kier molecular flexibility index (Phi) is 4.44. The molecule has 0 saturated carbocycles. The third-order valence-corrected chi connectivity index (χ3v) is 4.00. The van der Waals surface area contributed by atoms with E-state index in [0.717, 1.165) is 5.56 Å². The van der Waals surface area contributed by atoms with Crippen molar-refractivity contribution in [3.05, 3.63) is 88.6 Å². The summed E-state index contributed by atoms with van der Waals surface area (Å²) in [5, 5.41) is 6.99. The standard InChI is InChI=1S/C19H15N5O3/c25-17(20-10-13-6-2-1-3-7-13)18-22-16(23-27-18)11-24-12-21-15-9-5-4-8-14(15)19(24)26/h1-9,12H,10-11H2,(H,20,25). The summed E-state index contributed by atoms with van der Waals surface area (Å²) in [6, 6.07) is 16.6. The van der Waals surface area contributed by atoms with E-state index in [4.69, 9.17) is 4.52 Å². The van der Waals surface area contributed by atoms with Gasteiger partial charge >= 0.3 is 11.8 Å². The maximum Gasteiger partial charge on any atom is 0.316 e. The Morgan fingerprint density at radius 3 is 2.70 bits per heavy atom. The molecule has 0 atom stereocenters. The lowest BCUT2D eigenvalue weighted by Crippen LogP contribution is -2.23. The van der Waals surface area contributed by atoms with Gasteiger partial charge in [0.1, 0.15) is 0 Å². The molecule has 2 heterocycles. The van der Waals surface area contributed by atoms with Crippen LogP contribution in [0.2, 0.25) is 0 Å². The summed E-state index contributed by atoms with van der Waals surface area (Å²) in [5.41, 5.74) is 1.37. The molecule has 2 aromatic heterocycles. The first-order chi connectivity index (χ1) is 13.2. The van der Waals surface area contributed by atoms with Crippen molar-refractivity contribution in [3.63, 3.8) is 0 Å². The molecule has 27 heavy (non-hydrogen) atoms. The lowest BCUT2D eigenvalue weighted by molar-refractivity contribution is 0.0907. The van der Waals surface area contributed by atoms with E-state index in [9.17, 15) is 9.59 Å². The fourth-order valence-electron chi connectivity index (χ4n) is 2.64. The summed E-state index contributed by atoms with van der Waals surface area (Å²) in [4.78, 5) is 32.9. The second-order valence-electron chi connectivity index (χ2n) is 5.88. The summed E-state index contributed by atoms with van der Waals surface area (Å²) in [5.74, 6) is -0.400. The molecule has 0 saturated heterocycles. The van der Waals surface area contributed by atoms with Gasteiger partial charge in [0, 0.05) is 6.54 Å². The predicted octanol–water partition coefficient (Wildman–Crippen LogP) is 1.76. The molecule has 8 heteroatoms. The smallest absolute Gasteiger partial charge is 0.316 e. The number of benzene rings is 2. The second kappa shape index (κ2) is 7.20. The fourth-order valence-corrected chi connectivity index (χ4v) is 2.64. The van der Waals surface area contributed by atoms with E-state index in [-0.39, 0.29) is 23.8 Å². The van der Waals surface area contributed by atoms with Crippen LogP contribution in [0.25, 0.3) is 10.9 Å². The Bertz CT molecular complexity index is 1150. The van der Waals surface area contributed by atoms with Crippen LogP contribution >= 0.6 is 0 Å². The minimum atomic E-state index is -0.471. The first kappa shape index (κ1) is 16.6. The van der Waals surface area contributed by atoms with Gasteiger partial charge in [-0.2, -0.15) is 4.98 Å². The van der Waals surface area contributed by atoms with E-state index in [1.807, 2.05) is 36.4 Å². The molecule has 1 amide bonds. The Morgan fingerprint density at radius 1 is 1.07 bits per heavy atom. The zero-order valence-corrected chi connectivity index (χ0v) is 14.2. The molecule has 0 bridgehead atoms. The molecule has 0 unspecified atom stereocenters. The minimum Gasteiger partial charge on any atom is -0.344 e. The number of nitrogens with one attached hydrogen (secondary N) is 1. The van der Waals surface area contributed by atoms with E-state index < -0.39 is 5.91 Å². The zero-order chi connectivity index (χ0) is 18.6. The van der Waals surface area contributed by atoms with Gasteiger partial charge in [0.25, 0.3) is 5.56 Å². The van der Waals surface area contributed by atoms with Crippen LogP contribution in [0.5, 0.6) is 0 Å². The van der Waals surface area contributed by atoms with E-state index in [2.05, 4.69) is 20.4 Å². The van der Waals surface area contributed by atoms with Crippen LogP contribution in [0.1, 0.15) is 22.1 Å². The molecule has 4 aromatic rings. The Morgan fingerprint density at radius 2 is 1.85 bits per heavy atom. The Hall–Kier alpha value is -3.81. The molecular formula is C19H15N5O3. The number of hydrogen-bond acceptors (Lipinski definition) is 6. The number of hydrogen-bond donors (Lipinski definition) is 1. The number of para-hydroxylation sites is 1. The summed E-state index contributed by atoms with van der Waals surface area (Å²) < 4.78 is 6.38. The maximum atomic E-state index is 12.5. The van der Waals surface area contributed by atoms with E-state index >= 15 is 0 Å². The minimum absolute atomic E-state index is 0.0616. The van der Waals surface area contributed by atoms with Gasteiger partial charge in [-0.3, -0.25) is 14.2 Å². The van der Waals surface area contributed by atoms with Crippen LogP contribution in [0, 0.1) is 0 Å². The molecule has 134 valence electrons. The first-order valence-electron chi connectivity index (χ1n) is 8.29. The molecule has 1 N–H and O–H groups in total. The number of carbonyl (C=O) groups is 1. The van der Waals surface area contributed by atoms with Crippen LogP contribution in [0.15, 0.2) is 70.2 Å². The molecular weight excluding hydrogens is 346 g/mol. The van der Waals surface area contributed by atoms with Crippen molar-refractivity contribution in [2.45, 2.75) is 13.1 Å². The van der Waals surface area contributed by atoms with Crippen LogP contribution in [0.4, 0.5) is 0 Å². The number of aromatic nitrogens is 4. The number of carbonyl (C=O) groups excluding carboxylic acids is 1. The Labute approximate surface area is 153 Å². The highest BCUT2D eigenvalue weighted by molar-refractivity contribution is 5.89. The fraction of sp³-hybridized carbons (Fsp3) is 0.105. The van der Waals surface area contributed by atoms with Crippen LogP contribution in [-0.4, -0.2) is 25.6 Å².